The second-order valence-corrected chi connectivity index (χ2v) is 7.23. The van der Waals surface area contributed by atoms with E-state index in [1.807, 2.05) is 36.4 Å². The Labute approximate surface area is 177 Å². The number of benzene rings is 2. The Hall–Kier alpha value is -3.06. The summed E-state index contributed by atoms with van der Waals surface area (Å²) in [6.45, 7) is 2.49. The van der Waals surface area contributed by atoms with Crippen LogP contribution < -0.4 is 20.3 Å². The number of nitrogens with one attached hydrogen (secondary N) is 2. The van der Waals surface area contributed by atoms with E-state index < -0.39 is 0 Å². The third-order valence-electron chi connectivity index (χ3n) is 5.24. The van der Waals surface area contributed by atoms with E-state index in [2.05, 4.69) is 15.5 Å². The van der Waals surface area contributed by atoms with Gasteiger partial charge in [0.05, 0.1) is 19.3 Å². The number of ether oxygens (including phenoxy) is 2. The molecular formula is C23H29N3O4. The molecule has 0 unspecified atom stereocenters. The zero-order valence-electron chi connectivity index (χ0n) is 17.5. The Morgan fingerprint density at radius 3 is 2.53 bits per heavy atom. The molecule has 0 radical (unpaired) electrons. The fourth-order valence-electron chi connectivity index (χ4n) is 3.60. The molecule has 1 aliphatic rings. The monoisotopic (exact) mass is 411 g/mol. The normalized spacial score (nSPS) is 14.3. The first-order chi connectivity index (χ1) is 14.6. The van der Waals surface area contributed by atoms with E-state index in [4.69, 9.17) is 9.47 Å². The predicted octanol–water partition coefficient (Wildman–Crippen LogP) is 2.47. The zero-order valence-corrected chi connectivity index (χ0v) is 17.5. The minimum atomic E-state index is -0.101. The Bertz CT molecular complexity index is 863. The van der Waals surface area contributed by atoms with Crippen molar-refractivity contribution in [1.82, 2.24) is 10.6 Å². The maximum Gasteiger partial charge on any atom is 0.253 e. The highest BCUT2D eigenvalue weighted by Crippen LogP contribution is 2.24. The van der Waals surface area contributed by atoms with Crippen molar-refractivity contribution < 1.29 is 19.1 Å². The van der Waals surface area contributed by atoms with Gasteiger partial charge in [0.2, 0.25) is 0 Å². The largest absolute Gasteiger partial charge is 0.497 e. The van der Waals surface area contributed by atoms with Gasteiger partial charge in [0.1, 0.15) is 5.75 Å². The van der Waals surface area contributed by atoms with Crippen molar-refractivity contribution in [3.8, 4) is 5.75 Å². The number of methoxy groups -OCH3 is 2. The van der Waals surface area contributed by atoms with Crippen LogP contribution in [0.2, 0.25) is 0 Å². The molecule has 2 aromatic carbocycles. The van der Waals surface area contributed by atoms with Crippen LogP contribution in [0, 0.1) is 0 Å². The number of carbonyl (C=O) groups is 2. The molecule has 0 aliphatic carbocycles. The molecular weight excluding hydrogens is 382 g/mol. The van der Waals surface area contributed by atoms with Crippen molar-refractivity contribution in [1.29, 1.82) is 0 Å². The van der Waals surface area contributed by atoms with Gasteiger partial charge in [-0.2, -0.15) is 0 Å². The van der Waals surface area contributed by atoms with E-state index in [0.717, 1.165) is 31.6 Å². The number of nitrogens with zero attached hydrogens (tertiary/aromatic N) is 1. The minimum absolute atomic E-state index is 0.0923. The fourth-order valence-corrected chi connectivity index (χ4v) is 3.60. The van der Waals surface area contributed by atoms with Crippen LogP contribution >= 0.6 is 0 Å². The topological polar surface area (TPSA) is 79.9 Å². The molecule has 0 spiro atoms. The third kappa shape index (κ3) is 5.51. The number of anilines is 1. The summed E-state index contributed by atoms with van der Waals surface area (Å²) < 4.78 is 10.2. The predicted molar refractivity (Wildman–Crippen MR) is 116 cm³/mol. The van der Waals surface area contributed by atoms with Crippen molar-refractivity contribution in [2.24, 2.45) is 0 Å². The molecule has 2 amide bonds. The molecule has 0 aromatic heterocycles. The molecule has 0 atom stereocenters. The SMILES string of the molecule is COCCNC(=O)c1ccccc1N1CCC(NC(=O)c2cccc(OC)c2)CC1. The average molecular weight is 412 g/mol. The van der Waals surface area contributed by atoms with Crippen LogP contribution in [0.15, 0.2) is 48.5 Å². The summed E-state index contributed by atoms with van der Waals surface area (Å²) in [6, 6.07) is 14.9. The van der Waals surface area contributed by atoms with Gasteiger partial charge >= 0.3 is 0 Å². The highest BCUT2D eigenvalue weighted by atomic mass is 16.5. The highest BCUT2D eigenvalue weighted by molar-refractivity contribution is 5.99. The van der Waals surface area contributed by atoms with Crippen LogP contribution in [0.3, 0.4) is 0 Å². The van der Waals surface area contributed by atoms with Gasteiger partial charge in [-0.1, -0.05) is 18.2 Å². The molecule has 0 bridgehead atoms. The fraction of sp³-hybridized carbons (Fsp3) is 0.391. The molecule has 1 fully saturated rings. The molecule has 7 nitrogen and oxygen atoms in total. The summed E-state index contributed by atoms with van der Waals surface area (Å²) in [5.74, 6) is 0.472. The Balaban J connectivity index is 1.58. The van der Waals surface area contributed by atoms with E-state index in [-0.39, 0.29) is 17.9 Å². The molecule has 2 N–H and O–H groups in total. The zero-order chi connectivity index (χ0) is 21.3. The summed E-state index contributed by atoms with van der Waals surface area (Å²) in [7, 11) is 3.19. The number of carbonyl (C=O) groups excluding carboxylic acids is 2. The summed E-state index contributed by atoms with van der Waals surface area (Å²) in [5, 5.41) is 6.00. The van der Waals surface area contributed by atoms with Crippen LogP contribution in [-0.2, 0) is 4.74 Å². The number of amides is 2. The summed E-state index contributed by atoms with van der Waals surface area (Å²) >= 11 is 0. The highest BCUT2D eigenvalue weighted by Gasteiger charge is 2.24. The molecule has 2 aromatic rings. The maximum absolute atomic E-state index is 12.6. The first-order valence-corrected chi connectivity index (χ1v) is 10.2. The van der Waals surface area contributed by atoms with E-state index in [1.165, 1.54) is 0 Å². The third-order valence-corrected chi connectivity index (χ3v) is 5.24. The van der Waals surface area contributed by atoms with E-state index in [1.54, 1.807) is 26.4 Å². The second-order valence-electron chi connectivity index (χ2n) is 7.23. The van der Waals surface area contributed by atoms with Gasteiger partial charge < -0.3 is 25.0 Å². The van der Waals surface area contributed by atoms with E-state index >= 15 is 0 Å². The molecule has 30 heavy (non-hydrogen) atoms. The van der Waals surface area contributed by atoms with Gasteiger partial charge in [-0.25, -0.2) is 0 Å². The first kappa shape index (κ1) is 21.6. The van der Waals surface area contributed by atoms with Gasteiger partial charge in [-0.05, 0) is 43.2 Å². The van der Waals surface area contributed by atoms with E-state index in [9.17, 15) is 9.59 Å². The van der Waals surface area contributed by atoms with Crippen molar-refractivity contribution >= 4 is 17.5 Å². The number of piperidine rings is 1. The van der Waals surface area contributed by atoms with Crippen LogP contribution in [0.1, 0.15) is 33.6 Å². The molecule has 160 valence electrons. The van der Waals surface area contributed by atoms with Crippen LogP contribution in [-0.4, -0.2) is 58.3 Å². The van der Waals surface area contributed by atoms with Crippen LogP contribution in [0.4, 0.5) is 5.69 Å². The van der Waals surface area contributed by atoms with Crippen molar-refractivity contribution in [3.63, 3.8) is 0 Å². The van der Waals surface area contributed by atoms with Gasteiger partial charge in [0, 0.05) is 44.0 Å². The number of hydrogen-bond acceptors (Lipinski definition) is 5. The standard InChI is InChI=1S/C23H29N3O4/c1-29-15-12-24-23(28)20-8-3-4-9-21(20)26-13-10-18(11-14-26)25-22(27)17-6-5-7-19(16-17)30-2/h3-9,16,18H,10-15H2,1-2H3,(H,24,28)(H,25,27). The van der Waals surface area contributed by atoms with Gasteiger partial charge in [-0.3, -0.25) is 9.59 Å². The summed E-state index contributed by atoms with van der Waals surface area (Å²) in [4.78, 5) is 27.3. The molecule has 7 heteroatoms. The molecule has 1 aliphatic heterocycles. The smallest absolute Gasteiger partial charge is 0.253 e. The van der Waals surface area contributed by atoms with Gasteiger partial charge in [0.15, 0.2) is 0 Å². The Morgan fingerprint density at radius 1 is 1.03 bits per heavy atom. The number of rotatable bonds is 8. The van der Waals surface area contributed by atoms with Gasteiger partial charge in [-0.15, -0.1) is 0 Å². The summed E-state index contributed by atoms with van der Waals surface area (Å²) in [6.07, 6.45) is 1.63. The lowest BCUT2D eigenvalue weighted by Gasteiger charge is -2.35. The van der Waals surface area contributed by atoms with Gasteiger partial charge in [0.25, 0.3) is 11.8 Å². The molecule has 1 saturated heterocycles. The van der Waals surface area contributed by atoms with Crippen molar-refractivity contribution in [2.45, 2.75) is 18.9 Å². The Morgan fingerprint density at radius 2 is 1.80 bits per heavy atom. The Kier molecular flexibility index (Phi) is 7.68. The number of hydrogen-bond donors (Lipinski definition) is 2. The number of para-hydroxylation sites is 1. The molecule has 1 heterocycles. The lowest BCUT2D eigenvalue weighted by Crippen LogP contribution is -2.45. The second kappa shape index (κ2) is 10.6. The molecule has 0 saturated carbocycles. The maximum atomic E-state index is 12.6. The van der Waals surface area contributed by atoms with Crippen molar-refractivity contribution in [3.05, 3.63) is 59.7 Å². The lowest BCUT2D eigenvalue weighted by molar-refractivity contribution is 0.0927. The van der Waals surface area contributed by atoms with E-state index in [0.29, 0.717) is 30.0 Å². The van der Waals surface area contributed by atoms with Crippen LogP contribution in [0.25, 0.3) is 0 Å². The first-order valence-electron chi connectivity index (χ1n) is 10.2. The lowest BCUT2D eigenvalue weighted by atomic mass is 10.0. The summed E-state index contributed by atoms with van der Waals surface area (Å²) in [5.41, 5.74) is 2.17. The minimum Gasteiger partial charge on any atom is -0.497 e. The van der Waals surface area contributed by atoms with Crippen molar-refractivity contribution in [2.75, 3.05) is 45.4 Å². The van der Waals surface area contributed by atoms with Crippen LogP contribution in [0.5, 0.6) is 5.75 Å². The average Bonchev–Trinajstić information content (AvgIpc) is 2.79. The molecule has 3 rings (SSSR count). The quantitative estimate of drug-likeness (QED) is 0.653.